The number of ether oxygens (including phenoxy) is 1. The van der Waals surface area contributed by atoms with Crippen LogP contribution < -0.4 is 14.7 Å². The summed E-state index contributed by atoms with van der Waals surface area (Å²) in [5.41, 5.74) is -0.0250. The summed E-state index contributed by atoms with van der Waals surface area (Å²) in [5, 5.41) is 28.8. The second-order valence-electron chi connectivity index (χ2n) is 4.98. The van der Waals surface area contributed by atoms with Crippen LogP contribution in [0.5, 0.6) is 11.5 Å². The Morgan fingerprint density at radius 2 is 2.10 bits per heavy atom. The molecule has 0 amide bonds. The molecular weight excluding hydrogens is 276 g/mol. The quantitative estimate of drug-likeness (QED) is 0.429. The molecule has 1 aliphatic rings. The van der Waals surface area contributed by atoms with Gasteiger partial charge in [-0.3, -0.25) is 15.1 Å². The fourth-order valence-corrected chi connectivity index (χ4v) is 2.11. The third kappa shape index (κ3) is 3.60. The van der Waals surface area contributed by atoms with Crippen molar-refractivity contribution in [3.63, 3.8) is 0 Å². The first-order valence-electron chi connectivity index (χ1n) is 6.65. The van der Waals surface area contributed by atoms with Crippen molar-refractivity contribution in [3.05, 3.63) is 27.8 Å². The second-order valence-corrected chi connectivity index (χ2v) is 4.98. The topological polar surface area (TPSA) is 95.5 Å². The molecule has 0 unspecified atom stereocenters. The van der Waals surface area contributed by atoms with Crippen molar-refractivity contribution in [1.82, 2.24) is 5.01 Å². The number of nitrogens with zero attached hydrogens (tertiary/aromatic N) is 3. The van der Waals surface area contributed by atoms with Gasteiger partial charge in [-0.05, 0) is 6.07 Å². The number of hydrogen-bond donors (Lipinski definition) is 1. The van der Waals surface area contributed by atoms with Crippen molar-refractivity contribution in [2.24, 2.45) is 5.10 Å². The van der Waals surface area contributed by atoms with E-state index in [1.54, 1.807) is 0 Å². The highest BCUT2D eigenvalue weighted by molar-refractivity contribution is 5.82. The van der Waals surface area contributed by atoms with Gasteiger partial charge in [0, 0.05) is 17.4 Å². The lowest BCUT2D eigenvalue weighted by atomic mass is 10.2. The van der Waals surface area contributed by atoms with E-state index in [4.69, 9.17) is 4.74 Å². The Kier molecular flexibility index (Phi) is 4.59. The number of methoxy groups -OCH3 is 1. The van der Waals surface area contributed by atoms with E-state index in [1.807, 2.05) is 5.01 Å². The van der Waals surface area contributed by atoms with Crippen LogP contribution in [-0.2, 0) is 0 Å². The minimum absolute atomic E-state index is 0.0477. The minimum Gasteiger partial charge on any atom is -0.865 e. The van der Waals surface area contributed by atoms with E-state index < -0.39 is 16.4 Å². The molecule has 8 heteroatoms. The number of piperazine rings is 1. The first-order valence-corrected chi connectivity index (χ1v) is 6.65. The van der Waals surface area contributed by atoms with Crippen LogP contribution in [0, 0.1) is 10.1 Å². The van der Waals surface area contributed by atoms with Crippen molar-refractivity contribution in [2.75, 3.05) is 40.3 Å². The summed E-state index contributed by atoms with van der Waals surface area (Å²) in [4.78, 5) is 11.6. The lowest BCUT2D eigenvalue weighted by Gasteiger charge is -2.27. The number of quaternary nitrogens is 1. The number of nitro groups is 1. The maximum atomic E-state index is 11.7. The molecule has 0 bridgehead atoms. The predicted molar refractivity (Wildman–Crippen MR) is 74.9 cm³/mol. The molecule has 1 fully saturated rings. The summed E-state index contributed by atoms with van der Waals surface area (Å²) in [6.45, 7) is 3.67. The van der Waals surface area contributed by atoms with Gasteiger partial charge in [-0.1, -0.05) is 0 Å². The Balaban J connectivity index is 2.19. The van der Waals surface area contributed by atoms with E-state index in [9.17, 15) is 15.2 Å². The van der Waals surface area contributed by atoms with Crippen LogP contribution in [0.2, 0.25) is 0 Å². The highest BCUT2D eigenvalue weighted by Gasteiger charge is 2.15. The molecule has 0 radical (unpaired) electrons. The predicted octanol–water partition coefficient (Wildman–Crippen LogP) is -1.16. The second kappa shape index (κ2) is 6.40. The highest BCUT2D eigenvalue weighted by Crippen LogP contribution is 2.33. The summed E-state index contributed by atoms with van der Waals surface area (Å²) in [6.07, 6.45) is 1.52. The third-order valence-electron chi connectivity index (χ3n) is 3.44. The first kappa shape index (κ1) is 15.0. The molecule has 1 heterocycles. The van der Waals surface area contributed by atoms with Crippen molar-refractivity contribution in [3.8, 4) is 11.5 Å². The van der Waals surface area contributed by atoms with Crippen LogP contribution in [0.3, 0.4) is 0 Å². The number of nitro benzene ring substituents is 1. The largest absolute Gasteiger partial charge is 0.865 e. The van der Waals surface area contributed by atoms with Gasteiger partial charge in [-0.15, -0.1) is 0 Å². The maximum absolute atomic E-state index is 11.7. The standard InChI is InChI=1S/C13H18N4O4/c1-15-3-5-16(6-4-15)14-9-10-7-11(17(19)20)13(18)12(8-10)21-2/h7-9,18H,3-6H2,1-2H3/b14-9+. The summed E-state index contributed by atoms with van der Waals surface area (Å²) < 4.78 is 4.89. The molecular formula is C13H18N4O4. The van der Waals surface area contributed by atoms with Crippen LogP contribution in [-0.4, -0.2) is 56.5 Å². The monoisotopic (exact) mass is 294 g/mol. The number of rotatable bonds is 4. The van der Waals surface area contributed by atoms with Crippen molar-refractivity contribution < 1.29 is 19.7 Å². The van der Waals surface area contributed by atoms with Gasteiger partial charge in [0.15, 0.2) is 0 Å². The SMILES string of the molecule is COc1cc(/C=N/N2CC[NH+](C)CC2)cc([N+](=O)[O-])c1[O-]. The Morgan fingerprint density at radius 3 is 2.67 bits per heavy atom. The fraction of sp³-hybridized carbons (Fsp3) is 0.462. The maximum Gasteiger partial charge on any atom is 0.266 e. The molecule has 21 heavy (non-hydrogen) atoms. The number of hydrazone groups is 1. The van der Waals surface area contributed by atoms with Gasteiger partial charge in [-0.25, -0.2) is 0 Å². The third-order valence-corrected chi connectivity index (χ3v) is 3.44. The number of nitrogens with one attached hydrogen (secondary N) is 1. The molecule has 0 saturated carbocycles. The molecule has 1 aliphatic heterocycles. The van der Waals surface area contributed by atoms with Crippen LogP contribution in [0.4, 0.5) is 5.69 Å². The Labute approximate surface area is 122 Å². The minimum atomic E-state index is -0.720. The molecule has 1 N–H and O–H groups in total. The van der Waals surface area contributed by atoms with E-state index in [0.717, 1.165) is 26.2 Å². The number of likely N-dealkylation sites (N-methyl/N-ethyl adjacent to an activating group) is 1. The zero-order chi connectivity index (χ0) is 15.4. The van der Waals surface area contributed by atoms with Gasteiger partial charge in [0.2, 0.25) is 0 Å². The van der Waals surface area contributed by atoms with E-state index in [-0.39, 0.29) is 5.75 Å². The Hall–Kier alpha value is -2.35. The lowest BCUT2D eigenvalue weighted by molar-refractivity contribution is -0.884. The van der Waals surface area contributed by atoms with Crippen LogP contribution in [0.25, 0.3) is 0 Å². The van der Waals surface area contributed by atoms with E-state index in [2.05, 4.69) is 12.1 Å². The lowest BCUT2D eigenvalue weighted by Crippen LogP contribution is -3.11. The molecule has 1 aromatic rings. The summed E-state index contributed by atoms with van der Waals surface area (Å²) >= 11 is 0. The summed E-state index contributed by atoms with van der Waals surface area (Å²) in [6, 6.07) is 2.68. The summed E-state index contributed by atoms with van der Waals surface area (Å²) in [5.74, 6) is -0.767. The fourth-order valence-electron chi connectivity index (χ4n) is 2.11. The average molecular weight is 294 g/mol. The molecule has 114 valence electrons. The van der Waals surface area contributed by atoms with Crippen LogP contribution >= 0.6 is 0 Å². The van der Waals surface area contributed by atoms with E-state index in [0.29, 0.717) is 5.56 Å². The molecule has 1 aromatic carbocycles. The normalized spacial score (nSPS) is 16.4. The van der Waals surface area contributed by atoms with Crippen LogP contribution in [0.1, 0.15) is 5.56 Å². The van der Waals surface area contributed by atoms with Gasteiger partial charge in [0.1, 0.15) is 5.75 Å². The van der Waals surface area contributed by atoms with Crippen molar-refractivity contribution >= 4 is 11.9 Å². The zero-order valence-electron chi connectivity index (χ0n) is 12.0. The van der Waals surface area contributed by atoms with Gasteiger partial charge in [0.25, 0.3) is 5.69 Å². The molecule has 8 nitrogen and oxygen atoms in total. The molecule has 0 atom stereocenters. The van der Waals surface area contributed by atoms with Crippen molar-refractivity contribution in [1.29, 1.82) is 0 Å². The van der Waals surface area contributed by atoms with E-state index >= 15 is 0 Å². The van der Waals surface area contributed by atoms with Crippen LogP contribution in [0.15, 0.2) is 17.2 Å². The van der Waals surface area contributed by atoms with Gasteiger partial charge < -0.3 is 14.7 Å². The Bertz CT molecular complexity index is 553. The molecule has 0 aromatic heterocycles. The zero-order valence-corrected chi connectivity index (χ0v) is 12.0. The number of hydrogen-bond acceptors (Lipinski definition) is 6. The highest BCUT2D eigenvalue weighted by atomic mass is 16.6. The van der Waals surface area contributed by atoms with Gasteiger partial charge >= 0.3 is 0 Å². The number of benzene rings is 1. The van der Waals surface area contributed by atoms with Crippen molar-refractivity contribution in [2.45, 2.75) is 0 Å². The Morgan fingerprint density at radius 1 is 1.43 bits per heavy atom. The molecule has 0 aliphatic carbocycles. The molecule has 1 saturated heterocycles. The van der Waals surface area contributed by atoms with Gasteiger partial charge in [0.05, 0.1) is 51.5 Å². The average Bonchev–Trinajstić information content (AvgIpc) is 2.47. The molecule has 0 spiro atoms. The van der Waals surface area contributed by atoms with E-state index in [1.165, 1.54) is 30.4 Å². The first-order chi connectivity index (χ1) is 10.0. The smallest absolute Gasteiger partial charge is 0.266 e. The van der Waals surface area contributed by atoms with Gasteiger partial charge in [-0.2, -0.15) is 5.10 Å². The molecule has 2 rings (SSSR count). The summed E-state index contributed by atoms with van der Waals surface area (Å²) in [7, 11) is 3.44.